The van der Waals surface area contributed by atoms with Crippen LogP contribution in [0.15, 0.2) is 0 Å². The van der Waals surface area contributed by atoms with Gasteiger partial charge in [0.2, 0.25) is 0 Å². The smallest absolute Gasteiger partial charge is 0.291 e. The first-order chi connectivity index (χ1) is 6.36. The molecule has 0 amide bonds. The minimum atomic E-state index is -0.145. The first kappa shape index (κ1) is 11.1. The summed E-state index contributed by atoms with van der Waals surface area (Å²) >= 11 is 0. The average Bonchev–Trinajstić information content (AvgIpc) is 2.17. The Bertz CT molecular complexity index is 142. The lowest BCUT2D eigenvalue weighted by atomic mass is 9.84. The summed E-state index contributed by atoms with van der Waals surface area (Å²) in [4.78, 5) is 0. The van der Waals surface area contributed by atoms with E-state index in [1.54, 1.807) is 0 Å². The zero-order valence-corrected chi connectivity index (χ0v) is 9.26. The number of hydrogen-bond acceptors (Lipinski definition) is 2. The van der Waals surface area contributed by atoms with Crippen LogP contribution < -0.4 is 0 Å². The van der Waals surface area contributed by atoms with Gasteiger partial charge in [-0.05, 0) is 31.6 Å². The van der Waals surface area contributed by atoms with Crippen LogP contribution in [0, 0.1) is 5.92 Å². The number of hydrogen-bond donors (Lipinski definition) is 0. The molecule has 0 atom stereocenters. The third-order valence-electron chi connectivity index (χ3n) is 2.95. The summed E-state index contributed by atoms with van der Waals surface area (Å²) in [5.41, 5.74) is 0. The lowest BCUT2D eigenvalue weighted by molar-refractivity contribution is 0.142. The van der Waals surface area contributed by atoms with Crippen molar-refractivity contribution in [1.82, 2.24) is 0 Å². The van der Waals surface area contributed by atoms with Crippen LogP contribution in [0.2, 0.25) is 0 Å². The van der Waals surface area contributed by atoms with E-state index in [2.05, 4.69) is 6.92 Å². The lowest BCUT2D eigenvalue weighted by Gasteiger charge is -2.26. The molecule has 76 valence electrons. The van der Waals surface area contributed by atoms with E-state index in [9.17, 15) is 4.57 Å². The van der Waals surface area contributed by atoms with Gasteiger partial charge in [-0.2, -0.15) is 0 Å². The van der Waals surface area contributed by atoms with E-state index in [1.165, 1.54) is 32.1 Å². The van der Waals surface area contributed by atoms with Crippen molar-refractivity contribution in [3.8, 4) is 0 Å². The summed E-state index contributed by atoms with van der Waals surface area (Å²) in [6, 6.07) is 0. The molecule has 1 fully saturated rings. The Kier molecular flexibility index (Phi) is 5.57. The topological polar surface area (TPSA) is 26.3 Å². The Hall–Kier alpha value is 0.0600. The Labute approximate surface area is 82.3 Å². The van der Waals surface area contributed by atoms with Crippen LogP contribution in [-0.2, 0) is 9.09 Å². The number of unbranched alkanes of at least 4 members (excludes halogenated alkanes) is 1. The first-order valence-corrected chi connectivity index (χ1v) is 6.08. The highest BCUT2D eigenvalue weighted by atomic mass is 31.1. The van der Waals surface area contributed by atoms with Crippen LogP contribution in [0.25, 0.3) is 0 Å². The SMILES string of the molecule is CCCCC1CCC(OP=O)CC1. The van der Waals surface area contributed by atoms with Crippen LogP contribution in [-0.4, -0.2) is 6.10 Å². The summed E-state index contributed by atoms with van der Waals surface area (Å²) < 4.78 is 15.3. The molecule has 0 N–H and O–H groups in total. The van der Waals surface area contributed by atoms with Gasteiger partial charge in [0.25, 0.3) is 0 Å². The zero-order valence-electron chi connectivity index (χ0n) is 8.37. The summed E-state index contributed by atoms with van der Waals surface area (Å²) in [6.07, 6.45) is 9.02. The maximum absolute atomic E-state index is 10.2. The van der Waals surface area contributed by atoms with Crippen LogP contribution in [0.5, 0.6) is 0 Å². The molecule has 2 nitrogen and oxygen atoms in total. The fourth-order valence-electron chi connectivity index (χ4n) is 2.08. The standard InChI is InChI=1S/C10H19O2P/c1-2-3-4-9-5-7-10(8-6-9)12-13-11/h9-10H,2-8H2,1H3. The van der Waals surface area contributed by atoms with Gasteiger partial charge in [0.05, 0.1) is 6.10 Å². The molecule has 0 radical (unpaired) electrons. The van der Waals surface area contributed by atoms with Crippen LogP contribution >= 0.6 is 8.69 Å². The van der Waals surface area contributed by atoms with Crippen molar-refractivity contribution in [3.05, 3.63) is 0 Å². The molecule has 1 saturated carbocycles. The molecule has 1 aliphatic carbocycles. The third kappa shape index (κ3) is 4.19. The Morgan fingerprint density at radius 1 is 1.31 bits per heavy atom. The zero-order chi connectivity index (χ0) is 9.52. The molecule has 13 heavy (non-hydrogen) atoms. The summed E-state index contributed by atoms with van der Waals surface area (Å²) in [6.45, 7) is 2.24. The monoisotopic (exact) mass is 202 g/mol. The second-order valence-corrected chi connectivity index (χ2v) is 4.32. The van der Waals surface area contributed by atoms with E-state index < -0.39 is 0 Å². The van der Waals surface area contributed by atoms with Gasteiger partial charge in [0.15, 0.2) is 0 Å². The predicted octanol–water partition coefficient (Wildman–Crippen LogP) is 3.96. The maximum Gasteiger partial charge on any atom is 0.327 e. The van der Waals surface area contributed by atoms with Crippen molar-refractivity contribution < 1.29 is 9.09 Å². The normalized spacial score (nSPS) is 29.3. The van der Waals surface area contributed by atoms with Crippen LogP contribution in [0.1, 0.15) is 51.9 Å². The summed E-state index contributed by atoms with van der Waals surface area (Å²) in [7, 11) is -0.145. The van der Waals surface area contributed by atoms with E-state index in [-0.39, 0.29) is 14.8 Å². The molecular formula is C10H19O2P. The van der Waals surface area contributed by atoms with Crippen molar-refractivity contribution in [2.24, 2.45) is 5.92 Å². The van der Waals surface area contributed by atoms with E-state index in [1.807, 2.05) is 0 Å². The van der Waals surface area contributed by atoms with Crippen LogP contribution in [0.3, 0.4) is 0 Å². The van der Waals surface area contributed by atoms with Gasteiger partial charge in [0, 0.05) is 0 Å². The second kappa shape index (κ2) is 6.50. The predicted molar refractivity (Wildman–Crippen MR) is 54.0 cm³/mol. The van der Waals surface area contributed by atoms with E-state index in [0.717, 1.165) is 18.8 Å². The lowest BCUT2D eigenvalue weighted by Crippen LogP contribution is -2.18. The molecule has 0 aromatic heterocycles. The van der Waals surface area contributed by atoms with Gasteiger partial charge in [0.1, 0.15) is 0 Å². The van der Waals surface area contributed by atoms with Crippen molar-refractivity contribution in [2.75, 3.05) is 0 Å². The second-order valence-electron chi connectivity index (χ2n) is 3.96. The Morgan fingerprint density at radius 2 is 2.00 bits per heavy atom. The largest absolute Gasteiger partial charge is 0.327 e. The molecule has 0 aromatic carbocycles. The molecule has 0 aromatic rings. The Morgan fingerprint density at radius 3 is 2.54 bits per heavy atom. The Balaban J connectivity index is 2.11. The van der Waals surface area contributed by atoms with Gasteiger partial charge < -0.3 is 0 Å². The number of rotatable bonds is 5. The quantitative estimate of drug-likeness (QED) is 0.631. The molecule has 1 rings (SSSR count). The van der Waals surface area contributed by atoms with E-state index in [0.29, 0.717) is 0 Å². The van der Waals surface area contributed by atoms with Gasteiger partial charge in [-0.25, -0.2) is 4.57 Å². The molecule has 0 aliphatic heterocycles. The van der Waals surface area contributed by atoms with Gasteiger partial charge in [-0.1, -0.05) is 26.2 Å². The van der Waals surface area contributed by atoms with Crippen molar-refractivity contribution in [2.45, 2.75) is 58.0 Å². The minimum absolute atomic E-state index is 0.145. The van der Waals surface area contributed by atoms with Crippen molar-refractivity contribution in [3.63, 3.8) is 0 Å². The van der Waals surface area contributed by atoms with Gasteiger partial charge in [-0.15, -0.1) is 0 Å². The summed E-state index contributed by atoms with van der Waals surface area (Å²) in [5, 5.41) is 0. The third-order valence-corrected chi connectivity index (χ3v) is 3.34. The van der Waals surface area contributed by atoms with Crippen molar-refractivity contribution >= 4 is 8.69 Å². The maximum atomic E-state index is 10.2. The molecule has 3 heteroatoms. The molecule has 1 aliphatic rings. The van der Waals surface area contributed by atoms with Gasteiger partial charge >= 0.3 is 8.69 Å². The molecule has 0 bridgehead atoms. The van der Waals surface area contributed by atoms with E-state index in [4.69, 9.17) is 4.52 Å². The molecular weight excluding hydrogens is 183 g/mol. The highest BCUT2D eigenvalue weighted by Crippen LogP contribution is 2.30. The highest BCUT2D eigenvalue weighted by Gasteiger charge is 2.21. The highest BCUT2D eigenvalue weighted by molar-refractivity contribution is 7.17. The van der Waals surface area contributed by atoms with Gasteiger partial charge in [-0.3, -0.25) is 4.52 Å². The molecule has 0 saturated heterocycles. The van der Waals surface area contributed by atoms with E-state index >= 15 is 0 Å². The molecule has 0 spiro atoms. The fraction of sp³-hybridized carbons (Fsp3) is 1.00. The summed E-state index contributed by atoms with van der Waals surface area (Å²) in [5.74, 6) is 0.906. The van der Waals surface area contributed by atoms with Crippen molar-refractivity contribution in [1.29, 1.82) is 0 Å². The minimum Gasteiger partial charge on any atom is -0.291 e. The van der Waals surface area contributed by atoms with Crippen LogP contribution in [0.4, 0.5) is 0 Å². The molecule has 0 unspecified atom stereocenters. The first-order valence-electron chi connectivity index (χ1n) is 5.35. The molecule has 0 heterocycles. The average molecular weight is 202 g/mol. The fourth-order valence-corrected chi connectivity index (χ4v) is 2.41.